The quantitative estimate of drug-likeness (QED) is 0.908. The van der Waals surface area contributed by atoms with Gasteiger partial charge in [0.25, 0.3) is 5.91 Å². The number of rotatable bonds is 4. The van der Waals surface area contributed by atoms with Crippen LogP contribution in [-0.4, -0.2) is 12.5 Å². The fraction of sp³-hybridized carbons (Fsp3) is 0.316. The molecule has 1 atom stereocenters. The van der Waals surface area contributed by atoms with Crippen molar-refractivity contribution in [1.29, 1.82) is 0 Å². The first kappa shape index (κ1) is 14.8. The van der Waals surface area contributed by atoms with Gasteiger partial charge in [-0.05, 0) is 55.4 Å². The highest BCUT2D eigenvalue weighted by Crippen LogP contribution is 2.34. The third-order valence-electron chi connectivity index (χ3n) is 4.40. The molecule has 1 aliphatic rings. The maximum atomic E-state index is 13.7. The Balaban J connectivity index is 1.58. The Kier molecular flexibility index (Phi) is 4.23. The Morgan fingerprint density at radius 1 is 1.27 bits per heavy atom. The topological polar surface area (TPSA) is 29.1 Å². The summed E-state index contributed by atoms with van der Waals surface area (Å²) in [7, 11) is 0. The molecule has 22 heavy (non-hydrogen) atoms. The molecule has 3 rings (SSSR count). The van der Waals surface area contributed by atoms with Crippen molar-refractivity contribution in [3.8, 4) is 0 Å². The summed E-state index contributed by atoms with van der Waals surface area (Å²) in [5.74, 6) is -0.291. The first-order chi connectivity index (χ1) is 10.6. The first-order valence-electron chi connectivity index (χ1n) is 7.77. The van der Waals surface area contributed by atoms with E-state index < -0.39 is 5.82 Å². The Morgan fingerprint density at radius 2 is 2.09 bits per heavy atom. The van der Waals surface area contributed by atoms with Crippen LogP contribution in [0.5, 0.6) is 0 Å². The number of hydrogen-bond acceptors (Lipinski definition) is 1. The van der Waals surface area contributed by atoms with Crippen LogP contribution in [0.2, 0.25) is 0 Å². The van der Waals surface area contributed by atoms with Crippen molar-refractivity contribution < 1.29 is 9.18 Å². The van der Waals surface area contributed by atoms with Crippen molar-refractivity contribution >= 4 is 5.91 Å². The molecule has 1 N–H and O–H groups in total. The zero-order valence-corrected chi connectivity index (χ0v) is 12.7. The SMILES string of the molecule is Cc1ccc(F)c(C(=O)NCCC2CCc3ccccc32)c1. The predicted molar refractivity (Wildman–Crippen MR) is 85.6 cm³/mol. The Bertz CT molecular complexity index is 696. The van der Waals surface area contributed by atoms with E-state index in [1.807, 2.05) is 6.92 Å². The van der Waals surface area contributed by atoms with Crippen molar-refractivity contribution in [2.75, 3.05) is 6.54 Å². The third kappa shape index (κ3) is 3.03. The molecule has 3 heteroatoms. The summed E-state index contributed by atoms with van der Waals surface area (Å²) in [5, 5.41) is 2.85. The van der Waals surface area contributed by atoms with Gasteiger partial charge < -0.3 is 5.32 Å². The number of fused-ring (bicyclic) bond motifs is 1. The summed E-state index contributed by atoms with van der Waals surface area (Å²) in [6, 6.07) is 13.1. The number of nitrogens with one attached hydrogen (secondary N) is 1. The summed E-state index contributed by atoms with van der Waals surface area (Å²) < 4.78 is 13.7. The lowest BCUT2D eigenvalue weighted by atomic mass is 9.98. The Labute approximate surface area is 130 Å². The number of hydrogen-bond donors (Lipinski definition) is 1. The summed E-state index contributed by atoms with van der Waals surface area (Å²) in [5.41, 5.74) is 3.84. The van der Waals surface area contributed by atoms with Gasteiger partial charge in [-0.15, -0.1) is 0 Å². The molecule has 1 aliphatic carbocycles. The largest absolute Gasteiger partial charge is 0.352 e. The number of amides is 1. The number of halogens is 1. The van der Waals surface area contributed by atoms with Crippen molar-refractivity contribution in [3.05, 3.63) is 70.5 Å². The average Bonchev–Trinajstić information content (AvgIpc) is 2.93. The van der Waals surface area contributed by atoms with Crippen molar-refractivity contribution in [3.63, 3.8) is 0 Å². The number of carbonyl (C=O) groups is 1. The standard InChI is InChI=1S/C19H20FNO/c1-13-6-9-18(20)17(12-13)19(22)21-11-10-15-8-7-14-4-2-3-5-16(14)15/h2-6,9,12,15H,7-8,10-11H2,1H3,(H,21,22). The molecule has 114 valence electrons. The monoisotopic (exact) mass is 297 g/mol. The highest BCUT2D eigenvalue weighted by molar-refractivity contribution is 5.94. The summed E-state index contributed by atoms with van der Waals surface area (Å²) in [6.45, 7) is 2.43. The number of benzene rings is 2. The van der Waals surface area contributed by atoms with Crippen LogP contribution in [0.4, 0.5) is 4.39 Å². The molecule has 1 unspecified atom stereocenters. The van der Waals surface area contributed by atoms with Gasteiger partial charge in [-0.25, -0.2) is 4.39 Å². The fourth-order valence-corrected chi connectivity index (χ4v) is 3.21. The molecule has 1 amide bonds. The van der Waals surface area contributed by atoms with Crippen molar-refractivity contribution in [2.24, 2.45) is 0 Å². The minimum atomic E-state index is -0.464. The maximum Gasteiger partial charge on any atom is 0.254 e. The van der Waals surface area contributed by atoms with Gasteiger partial charge in [0.2, 0.25) is 0 Å². The molecule has 0 bridgehead atoms. The van der Waals surface area contributed by atoms with E-state index in [4.69, 9.17) is 0 Å². The molecule has 2 aromatic carbocycles. The lowest BCUT2D eigenvalue weighted by Crippen LogP contribution is -2.26. The van der Waals surface area contributed by atoms with Crippen LogP contribution in [0.1, 0.15) is 45.8 Å². The molecule has 0 heterocycles. The Hall–Kier alpha value is -2.16. The molecule has 2 nitrogen and oxygen atoms in total. The molecule has 0 saturated heterocycles. The van der Waals surface area contributed by atoms with Gasteiger partial charge in [0.15, 0.2) is 0 Å². The maximum absolute atomic E-state index is 13.7. The molecule has 0 aliphatic heterocycles. The molecule has 0 radical (unpaired) electrons. The first-order valence-corrected chi connectivity index (χ1v) is 7.77. The van der Waals surface area contributed by atoms with Crippen LogP contribution < -0.4 is 5.32 Å². The van der Waals surface area contributed by atoms with E-state index in [-0.39, 0.29) is 11.5 Å². The van der Waals surface area contributed by atoms with Crippen LogP contribution in [0, 0.1) is 12.7 Å². The van der Waals surface area contributed by atoms with Gasteiger partial charge in [0, 0.05) is 6.54 Å². The van der Waals surface area contributed by atoms with Crippen molar-refractivity contribution in [2.45, 2.75) is 32.1 Å². The second kappa shape index (κ2) is 6.30. The van der Waals surface area contributed by atoms with Gasteiger partial charge >= 0.3 is 0 Å². The van der Waals surface area contributed by atoms with Gasteiger partial charge in [0.05, 0.1) is 5.56 Å². The summed E-state index contributed by atoms with van der Waals surface area (Å²) in [4.78, 5) is 12.1. The van der Waals surface area contributed by atoms with Crippen LogP contribution in [0.3, 0.4) is 0 Å². The fourth-order valence-electron chi connectivity index (χ4n) is 3.21. The van der Waals surface area contributed by atoms with Crippen molar-refractivity contribution in [1.82, 2.24) is 5.32 Å². The second-order valence-corrected chi connectivity index (χ2v) is 5.96. The second-order valence-electron chi connectivity index (χ2n) is 5.96. The van der Waals surface area contributed by atoms with E-state index in [1.54, 1.807) is 12.1 Å². The van der Waals surface area contributed by atoms with Gasteiger partial charge in [0.1, 0.15) is 5.82 Å². The van der Waals surface area contributed by atoms with Crippen LogP contribution in [-0.2, 0) is 6.42 Å². The van der Waals surface area contributed by atoms with Crippen LogP contribution >= 0.6 is 0 Å². The number of aryl methyl sites for hydroxylation is 2. The average molecular weight is 297 g/mol. The van der Waals surface area contributed by atoms with E-state index in [1.165, 1.54) is 17.2 Å². The van der Waals surface area contributed by atoms with E-state index in [9.17, 15) is 9.18 Å². The van der Waals surface area contributed by atoms with E-state index in [0.29, 0.717) is 12.5 Å². The molecule has 0 spiro atoms. The summed E-state index contributed by atoms with van der Waals surface area (Å²) >= 11 is 0. The molecular weight excluding hydrogens is 277 g/mol. The van der Waals surface area contributed by atoms with E-state index >= 15 is 0 Å². The Morgan fingerprint density at radius 3 is 2.95 bits per heavy atom. The summed E-state index contributed by atoms with van der Waals surface area (Å²) in [6.07, 6.45) is 3.14. The van der Waals surface area contributed by atoms with Gasteiger partial charge in [-0.1, -0.05) is 35.9 Å². The minimum absolute atomic E-state index is 0.131. The van der Waals surface area contributed by atoms with E-state index in [2.05, 4.69) is 29.6 Å². The molecule has 0 saturated carbocycles. The highest BCUT2D eigenvalue weighted by Gasteiger charge is 2.21. The van der Waals surface area contributed by atoms with Gasteiger partial charge in [-0.3, -0.25) is 4.79 Å². The van der Waals surface area contributed by atoms with Gasteiger partial charge in [-0.2, -0.15) is 0 Å². The van der Waals surface area contributed by atoms with E-state index in [0.717, 1.165) is 24.8 Å². The zero-order valence-electron chi connectivity index (χ0n) is 12.7. The third-order valence-corrected chi connectivity index (χ3v) is 4.40. The number of carbonyl (C=O) groups excluding carboxylic acids is 1. The smallest absolute Gasteiger partial charge is 0.254 e. The predicted octanol–water partition coefficient (Wildman–Crippen LogP) is 3.98. The van der Waals surface area contributed by atoms with Crippen LogP contribution in [0.15, 0.2) is 42.5 Å². The molecular formula is C19H20FNO. The molecule has 0 aromatic heterocycles. The highest BCUT2D eigenvalue weighted by atomic mass is 19.1. The van der Waals surface area contributed by atoms with Crippen LogP contribution in [0.25, 0.3) is 0 Å². The molecule has 0 fully saturated rings. The zero-order chi connectivity index (χ0) is 15.5. The lowest BCUT2D eigenvalue weighted by molar-refractivity contribution is 0.0948. The lowest BCUT2D eigenvalue weighted by Gasteiger charge is -2.12. The molecule has 2 aromatic rings. The normalized spacial score (nSPS) is 16.4. The minimum Gasteiger partial charge on any atom is -0.352 e.